The van der Waals surface area contributed by atoms with E-state index in [9.17, 15) is 9.59 Å². The largest absolute Gasteiger partial charge is 0.373 e. The van der Waals surface area contributed by atoms with Crippen molar-refractivity contribution in [3.63, 3.8) is 0 Å². The van der Waals surface area contributed by atoms with Gasteiger partial charge in [0, 0.05) is 10.6 Å². The van der Waals surface area contributed by atoms with Gasteiger partial charge in [0.15, 0.2) is 0 Å². The topological polar surface area (TPSA) is 49.4 Å². The highest BCUT2D eigenvalue weighted by atomic mass is 32.2. The van der Waals surface area contributed by atoms with Gasteiger partial charge in [-0.3, -0.25) is 9.59 Å². The van der Waals surface area contributed by atoms with Crippen LogP contribution in [0.1, 0.15) is 17.5 Å². The number of benzene rings is 2. The van der Waals surface area contributed by atoms with Crippen LogP contribution in [0, 0.1) is 13.8 Å². The van der Waals surface area contributed by atoms with Gasteiger partial charge in [-0.2, -0.15) is 0 Å². The number of nitrogens with zero attached hydrogens (tertiary/aromatic N) is 1. The molecule has 2 amide bonds. The van der Waals surface area contributed by atoms with Crippen molar-refractivity contribution in [2.45, 2.75) is 31.2 Å². The first-order chi connectivity index (χ1) is 11.5. The molecule has 1 aliphatic heterocycles. The summed E-state index contributed by atoms with van der Waals surface area (Å²) in [4.78, 5) is 27.7. The number of carbonyl (C=O) groups excluding carboxylic acids is 2. The molecule has 0 saturated carbocycles. The van der Waals surface area contributed by atoms with E-state index in [1.54, 1.807) is 11.8 Å². The molecule has 1 atom stereocenters. The molecule has 0 bridgehead atoms. The Morgan fingerprint density at radius 3 is 2.25 bits per heavy atom. The molecule has 0 radical (unpaired) electrons. The summed E-state index contributed by atoms with van der Waals surface area (Å²) in [5.41, 5.74) is 3.43. The van der Waals surface area contributed by atoms with Crippen molar-refractivity contribution in [1.29, 1.82) is 0 Å². The zero-order valence-corrected chi connectivity index (χ0v) is 14.8. The molecule has 24 heavy (non-hydrogen) atoms. The maximum Gasteiger partial charge on any atom is 0.256 e. The Kier molecular flexibility index (Phi) is 4.62. The minimum Gasteiger partial charge on any atom is -0.373 e. The van der Waals surface area contributed by atoms with Gasteiger partial charge >= 0.3 is 0 Å². The summed E-state index contributed by atoms with van der Waals surface area (Å²) in [6.45, 7) is 3.84. The van der Waals surface area contributed by atoms with Gasteiger partial charge in [0.05, 0.1) is 12.1 Å². The minimum absolute atomic E-state index is 0.157. The number of imide groups is 1. The summed E-state index contributed by atoms with van der Waals surface area (Å²) in [7, 11) is 0. The highest BCUT2D eigenvalue weighted by Gasteiger charge is 2.40. The third-order valence-electron chi connectivity index (χ3n) is 4.24. The molecule has 1 N–H and O–H groups in total. The van der Waals surface area contributed by atoms with Gasteiger partial charge in [-0.15, -0.1) is 11.8 Å². The molecule has 0 aliphatic carbocycles. The first-order valence-electron chi connectivity index (χ1n) is 7.85. The van der Waals surface area contributed by atoms with Gasteiger partial charge in [0.2, 0.25) is 5.91 Å². The second kappa shape index (κ2) is 6.69. The lowest BCUT2D eigenvalue weighted by atomic mass is 10.1. The molecule has 2 aromatic carbocycles. The number of aryl methyl sites for hydroxylation is 2. The maximum atomic E-state index is 12.8. The van der Waals surface area contributed by atoms with Gasteiger partial charge in [0.25, 0.3) is 5.91 Å². The van der Waals surface area contributed by atoms with E-state index in [1.165, 1.54) is 4.90 Å². The molecule has 2 aromatic rings. The molecule has 3 rings (SSSR count). The normalized spacial score (nSPS) is 17.5. The summed E-state index contributed by atoms with van der Waals surface area (Å²) in [5.74, 6) is -0.345. The lowest BCUT2D eigenvalue weighted by Gasteiger charge is -2.20. The predicted octanol–water partition coefficient (Wildman–Crippen LogP) is 3.77. The van der Waals surface area contributed by atoms with Crippen molar-refractivity contribution in [1.82, 2.24) is 0 Å². The van der Waals surface area contributed by atoms with E-state index in [2.05, 4.69) is 5.32 Å². The van der Waals surface area contributed by atoms with Crippen LogP contribution in [0.15, 0.2) is 47.4 Å². The standard InChI is InChI=1S/C19H20N2O2S/c1-12-5-4-6-13(2)18(12)21-17(22)11-16(19(21)23)20-14-7-9-15(24-3)10-8-14/h4-10,16,20H,11H2,1-3H3. The van der Waals surface area contributed by atoms with Crippen molar-refractivity contribution in [2.75, 3.05) is 16.5 Å². The lowest BCUT2D eigenvalue weighted by molar-refractivity contribution is -0.121. The molecule has 1 heterocycles. The lowest BCUT2D eigenvalue weighted by Crippen LogP contribution is -2.35. The summed E-state index contributed by atoms with van der Waals surface area (Å²) in [6, 6.07) is 13.1. The van der Waals surface area contributed by atoms with Crippen LogP contribution in [0.4, 0.5) is 11.4 Å². The van der Waals surface area contributed by atoms with Crippen LogP contribution in [-0.4, -0.2) is 24.1 Å². The smallest absolute Gasteiger partial charge is 0.256 e. The van der Waals surface area contributed by atoms with Gasteiger partial charge < -0.3 is 5.32 Å². The number of hydrogen-bond acceptors (Lipinski definition) is 4. The fourth-order valence-corrected chi connectivity index (χ4v) is 3.43. The molecule has 0 aromatic heterocycles. The van der Waals surface area contributed by atoms with Crippen molar-refractivity contribution < 1.29 is 9.59 Å². The van der Waals surface area contributed by atoms with Crippen LogP contribution in [0.3, 0.4) is 0 Å². The van der Waals surface area contributed by atoms with Gasteiger partial charge in [-0.25, -0.2) is 4.90 Å². The minimum atomic E-state index is -0.517. The molecule has 124 valence electrons. The van der Waals surface area contributed by atoms with E-state index in [0.29, 0.717) is 0 Å². The Balaban J connectivity index is 1.83. The van der Waals surface area contributed by atoms with E-state index in [4.69, 9.17) is 0 Å². The number of amides is 2. The summed E-state index contributed by atoms with van der Waals surface area (Å²) in [5, 5.41) is 3.19. The van der Waals surface area contributed by atoms with Crippen molar-refractivity contribution in [2.24, 2.45) is 0 Å². The van der Waals surface area contributed by atoms with Crippen molar-refractivity contribution in [3.8, 4) is 0 Å². The fourth-order valence-electron chi connectivity index (χ4n) is 3.03. The van der Waals surface area contributed by atoms with Crippen LogP contribution in [0.5, 0.6) is 0 Å². The van der Waals surface area contributed by atoms with Crippen LogP contribution in [0.2, 0.25) is 0 Å². The predicted molar refractivity (Wildman–Crippen MR) is 98.7 cm³/mol. The number of anilines is 2. The molecular formula is C19H20N2O2S. The quantitative estimate of drug-likeness (QED) is 0.680. The number of rotatable bonds is 4. The number of hydrogen-bond donors (Lipinski definition) is 1. The fraction of sp³-hybridized carbons (Fsp3) is 0.263. The van der Waals surface area contributed by atoms with E-state index in [-0.39, 0.29) is 18.2 Å². The second-order valence-corrected chi connectivity index (χ2v) is 6.82. The highest BCUT2D eigenvalue weighted by Crippen LogP contribution is 2.30. The monoisotopic (exact) mass is 340 g/mol. The summed E-state index contributed by atoms with van der Waals surface area (Å²) < 4.78 is 0. The molecule has 0 spiro atoms. The number of para-hydroxylation sites is 1. The van der Waals surface area contributed by atoms with Crippen molar-refractivity contribution in [3.05, 3.63) is 53.6 Å². The molecule has 5 heteroatoms. The molecular weight excluding hydrogens is 320 g/mol. The Labute approximate surface area is 146 Å². The van der Waals surface area contributed by atoms with Gasteiger partial charge in [-0.05, 0) is 55.5 Å². The zero-order chi connectivity index (χ0) is 17.3. The molecule has 1 aliphatic rings. The Hall–Kier alpha value is -2.27. The highest BCUT2D eigenvalue weighted by molar-refractivity contribution is 7.98. The van der Waals surface area contributed by atoms with Crippen LogP contribution < -0.4 is 10.2 Å². The second-order valence-electron chi connectivity index (χ2n) is 5.94. The third kappa shape index (κ3) is 3.04. The summed E-state index contributed by atoms with van der Waals surface area (Å²) in [6.07, 6.45) is 2.20. The number of thioether (sulfide) groups is 1. The van der Waals surface area contributed by atoms with Crippen LogP contribution >= 0.6 is 11.8 Å². The van der Waals surface area contributed by atoms with E-state index < -0.39 is 6.04 Å². The molecule has 4 nitrogen and oxygen atoms in total. The van der Waals surface area contributed by atoms with E-state index in [0.717, 1.165) is 27.4 Å². The SMILES string of the molecule is CSc1ccc(NC2CC(=O)N(c3c(C)cccc3C)C2=O)cc1. The van der Waals surface area contributed by atoms with Gasteiger partial charge in [0.1, 0.15) is 6.04 Å². The molecule has 1 fully saturated rings. The van der Waals surface area contributed by atoms with E-state index in [1.807, 2.05) is 62.6 Å². The Morgan fingerprint density at radius 1 is 1.04 bits per heavy atom. The zero-order valence-electron chi connectivity index (χ0n) is 14.0. The van der Waals surface area contributed by atoms with Crippen LogP contribution in [0.25, 0.3) is 0 Å². The first kappa shape index (κ1) is 16.6. The van der Waals surface area contributed by atoms with Crippen LogP contribution in [-0.2, 0) is 9.59 Å². The Morgan fingerprint density at radius 2 is 1.67 bits per heavy atom. The molecule has 1 unspecified atom stereocenters. The average molecular weight is 340 g/mol. The number of nitrogens with one attached hydrogen (secondary N) is 1. The molecule has 1 saturated heterocycles. The van der Waals surface area contributed by atoms with Crippen molar-refractivity contribution >= 4 is 35.0 Å². The van der Waals surface area contributed by atoms with E-state index >= 15 is 0 Å². The van der Waals surface area contributed by atoms with Gasteiger partial charge in [-0.1, -0.05) is 18.2 Å². The maximum absolute atomic E-state index is 12.8. The third-order valence-corrected chi connectivity index (χ3v) is 4.98. The first-order valence-corrected chi connectivity index (χ1v) is 9.07. The number of carbonyl (C=O) groups is 2. The average Bonchev–Trinajstić information content (AvgIpc) is 2.83. The Bertz CT molecular complexity index is 766. The summed E-state index contributed by atoms with van der Waals surface area (Å²) >= 11 is 1.66.